The first-order valence-electron chi connectivity index (χ1n) is 17.0. The smallest absolute Gasteiger partial charge is 0.410 e. The number of guanidine groups is 1. The number of hydrogen-bond acceptors (Lipinski definition) is 9. The minimum atomic E-state index is -1.69. The molecular weight excluding hydrogens is 690 g/mol. The van der Waals surface area contributed by atoms with Gasteiger partial charge in [0.15, 0.2) is 17.8 Å². The summed E-state index contributed by atoms with van der Waals surface area (Å²) in [4.78, 5) is 51.6. The Morgan fingerprint density at radius 3 is 1.94 bits per heavy atom. The molecule has 3 aromatic carbocycles. The number of aryl methyl sites for hydroxylation is 1. The van der Waals surface area contributed by atoms with Gasteiger partial charge in [-0.2, -0.15) is 0 Å². The fourth-order valence-electron chi connectivity index (χ4n) is 4.97. The van der Waals surface area contributed by atoms with E-state index in [0.717, 1.165) is 16.7 Å². The number of amides is 3. The number of Topliss-reactive ketones (excluding diaryl/α,β-unsaturated/α-hetero) is 1. The van der Waals surface area contributed by atoms with Crippen molar-refractivity contribution in [3.8, 4) is 0 Å². The minimum absolute atomic E-state index is 0. The van der Waals surface area contributed by atoms with Gasteiger partial charge in [0, 0.05) is 38.3 Å². The van der Waals surface area contributed by atoms with Crippen molar-refractivity contribution in [2.24, 2.45) is 11.5 Å². The van der Waals surface area contributed by atoms with E-state index >= 15 is 0 Å². The third kappa shape index (κ3) is 16.7. The molecule has 0 aliphatic rings. The maximum Gasteiger partial charge on any atom is 0.410 e. The summed E-state index contributed by atoms with van der Waals surface area (Å²) < 4.78 is 10.7. The summed E-state index contributed by atoms with van der Waals surface area (Å²) in [7, 11) is 0. The number of anilines is 1. The predicted molar refractivity (Wildman–Crippen MR) is 201 cm³/mol. The highest BCUT2D eigenvalue weighted by Crippen LogP contribution is 2.13. The first kappa shape index (κ1) is 43.0. The van der Waals surface area contributed by atoms with Crippen LogP contribution >= 0.6 is 12.4 Å². The zero-order chi connectivity index (χ0) is 36.8. The summed E-state index contributed by atoms with van der Waals surface area (Å²) in [6.45, 7) is 1.40. The Bertz CT molecular complexity index is 1530. The van der Waals surface area contributed by atoms with Crippen LogP contribution < -0.4 is 27.4 Å². The molecule has 9 N–H and O–H groups in total. The molecule has 282 valence electrons. The fraction of sp³-hybridized carbons (Fsp3) is 0.378. The Balaban J connectivity index is 0.00000936. The Hall–Kier alpha value is -5.18. The summed E-state index contributed by atoms with van der Waals surface area (Å²) in [5.41, 5.74) is 14.6. The third-order valence-corrected chi connectivity index (χ3v) is 7.81. The van der Waals surface area contributed by atoms with Gasteiger partial charge in [0.25, 0.3) is 5.91 Å². The number of ketones is 1. The first-order chi connectivity index (χ1) is 24.6. The second-order valence-corrected chi connectivity index (χ2v) is 11.9. The number of unbranched alkanes of at least 4 members (excludes halogenated alkanes) is 1. The molecular formula is C37H50ClN7O7. The number of aliphatic hydroxyl groups is 1. The Morgan fingerprint density at radius 2 is 1.33 bits per heavy atom. The van der Waals surface area contributed by atoms with Crippen molar-refractivity contribution < 1.29 is 33.8 Å². The Morgan fingerprint density at radius 1 is 0.750 bits per heavy atom. The molecule has 0 aliphatic heterocycles. The SMILES string of the molecule is Cl.N=C(N)Nc1ccc(CCCC(=O)C(N)C(O)C(=O)NCCCCN(CCCNC(=O)OCc2ccccc2)C(=O)OCc2ccccc2)cc1. The molecule has 0 radical (unpaired) electrons. The number of benzene rings is 3. The molecule has 0 saturated heterocycles. The Kier molecular flexibility index (Phi) is 19.9. The van der Waals surface area contributed by atoms with Crippen LogP contribution in [0.3, 0.4) is 0 Å². The van der Waals surface area contributed by atoms with Crippen molar-refractivity contribution in [3.05, 3.63) is 102 Å². The Labute approximate surface area is 310 Å². The highest BCUT2D eigenvalue weighted by Gasteiger charge is 2.28. The lowest BCUT2D eigenvalue weighted by atomic mass is 10.00. The van der Waals surface area contributed by atoms with Crippen LogP contribution in [0.1, 0.15) is 48.8 Å². The minimum Gasteiger partial charge on any atom is -0.445 e. The molecule has 3 aromatic rings. The lowest BCUT2D eigenvalue weighted by Gasteiger charge is -2.22. The van der Waals surface area contributed by atoms with Crippen molar-refractivity contribution in [2.75, 3.05) is 31.5 Å². The molecule has 2 atom stereocenters. The van der Waals surface area contributed by atoms with Gasteiger partial charge < -0.3 is 46.9 Å². The fourth-order valence-corrected chi connectivity index (χ4v) is 4.97. The molecule has 52 heavy (non-hydrogen) atoms. The number of rotatable bonds is 21. The van der Waals surface area contributed by atoms with Gasteiger partial charge in [0.2, 0.25) is 0 Å². The first-order valence-corrected chi connectivity index (χ1v) is 17.0. The number of carbonyl (C=O) groups excluding carboxylic acids is 4. The number of alkyl carbamates (subject to hydrolysis) is 1. The van der Waals surface area contributed by atoms with E-state index in [1.165, 1.54) is 0 Å². The van der Waals surface area contributed by atoms with E-state index in [1.807, 2.05) is 72.8 Å². The van der Waals surface area contributed by atoms with Crippen LogP contribution in [0.15, 0.2) is 84.9 Å². The van der Waals surface area contributed by atoms with Crippen LogP contribution in [0.2, 0.25) is 0 Å². The molecule has 15 heteroatoms. The van der Waals surface area contributed by atoms with Crippen molar-refractivity contribution in [1.82, 2.24) is 15.5 Å². The second kappa shape index (κ2) is 24.1. The molecule has 0 aliphatic carbocycles. The van der Waals surface area contributed by atoms with Crippen LogP contribution in [0.4, 0.5) is 15.3 Å². The van der Waals surface area contributed by atoms with E-state index in [9.17, 15) is 24.3 Å². The van der Waals surface area contributed by atoms with E-state index < -0.39 is 36.0 Å². The zero-order valence-corrected chi connectivity index (χ0v) is 29.9. The highest BCUT2D eigenvalue weighted by atomic mass is 35.5. The van der Waals surface area contributed by atoms with Crippen LogP contribution in [-0.2, 0) is 38.7 Å². The second-order valence-electron chi connectivity index (χ2n) is 11.9. The summed E-state index contributed by atoms with van der Waals surface area (Å²) in [6.07, 6.45) is -0.116. The summed E-state index contributed by atoms with van der Waals surface area (Å²) >= 11 is 0. The standard InChI is InChI=1S/C37H49N7O7.ClH/c38-32(31(45)16-9-15-27-17-19-30(20-18-27)43-35(39)40)33(46)34(47)41-21-7-8-23-44(37(49)51-26-29-13-5-2-6-14-29)24-10-22-42-36(48)50-25-28-11-3-1-4-12-28;/h1-6,11-14,17-20,32-33,46H,7-10,15-16,21-26,38H2,(H,41,47)(H,42,48)(H4,39,40,43);1H. The number of carbonyl (C=O) groups is 4. The number of aliphatic hydroxyl groups excluding tert-OH is 1. The molecule has 3 rings (SSSR count). The zero-order valence-electron chi connectivity index (χ0n) is 29.1. The number of nitrogens with zero attached hydrogens (tertiary/aromatic N) is 1. The summed E-state index contributed by atoms with van der Waals surface area (Å²) in [5, 5.41) is 25.7. The molecule has 0 bridgehead atoms. The third-order valence-electron chi connectivity index (χ3n) is 7.81. The van der Waals surface area contributed by atoms with E-state index in [4.69, 9.17) is 26.4 Å². The molecule has 3 amide bonds. The summed E-state index contributed by atoms with van der Waals surface area (Å²) in [5.74, 6) is -1.32. The number of nitrogens with one attached hydrogen (secondary N) is 4. The maximum atomic E-state index is 12.9. The van der Waals surface area contributed by atoms with Crippen LogP contribution in [-0.4, -0.2) is 78.2 Å². The van der Waals surface area contributed by atoms with E-state index in [1.54, 1.807) is 17.0 Å². The number of halogens is 1. The van der Waals surface area contributed by atoms with Crippen LogP contribution in [0.5, 0.6) is 0 Å². The van der Waals surface area contributed by atoms with Gasteiger partial charge in [-0.15, -0.1) is 12.4 Å². The lowest BCUT2D eigenvalue weighted by Crippen LogP contribution is -2.50. The largest absolute Gasteiger partial charge is 0.445 e. The van der Waals surface area contributed by atoms with Crippen molar-refractivity contribution >= 4 is 47.9 Å². The van der Waals surface area contributed by atoms with Gasteiger partial charge in [-0.1, -0.05) is 72.8 Å². The van der Waals surface area contributed by atoms with Crippen molar-refractivity contribution in [2.45, 2.75) is 63.9 Å². The number of ether oxygens (including phenoxy) is 2. The maximum absolute atomic E-state index is 12.9. The van der Waals surface area contributed by atoms with Gasteiger partial charge in [0.1, 0.15) is 13.2 Å². The van der Waals surface area contributed by atoms with E-state index in [0.29, 0.717) is 50.9 Å². The lowest BCUT2D eigenvalue weighted by molar-refractivity contribution is -0.135. The molecule has 0 fully saturated rings. The molecule has 2 unspecified atom stereocenters. The monoisotopic (exact) mass is 739 g/mol. The average Bonchev–Trinajstić information content (AvgIpc) is 3.14. The van der Waals surface area contributed by atoms with Gasteiger partial charge in [-0.05, 0) is 60.9 Å². The molecule has 0 heterocycles. The average molecular weight is 740 g/mol. The molecule has 0 aromatic heterocycles. The summed E-state index contributed by atoms with van der Waals surface area (Å²) in [6, 6.07) is 24.5. The molecule has 0 spiro atoms. The predicted octanol–water partition coefficient (Wildman–Crippen LogP) is 3.85. The van der Waals surface area contributed by atoms with Crippen LogP contribution in [0, 0.1) is 5.41 Å². The van der Waals surface area contributed by atoms with Crippen molar-refractivity contribution in [1.29, 1.82) is 5.41 Å². The van der Waals surface area contributed by atoms with Crippen molar-refractivity contribution in [3.63, 3.8) is 0 Å². The van der Waals surface area contributed by atoms with Gasteiger partial charge in [-0.3, -0.25) is 15.0 Å². The normalized spacial score (nSPS) is 11.6. The van der Waals surface area contributed by atoms with Gasteiger partial charge in [0.05, 0.1) is 6.04 Å². The molecule has 14 nitrogen and oxygen atoms in total. The topological polar surface area (TPSA) is 222 Å². The van der Waals surface area contributed by atoms with Gasteiger partial charge >= 0.3 is 12.2 Å². The highest BCUT2D eigenvalue weighted by molar-refractivity contribution is 5.92. The number of nitrogens with two attached hydrogens (primary N) is 2. The van der Waals surface area contributed by atoms with E-state index in [2.05, 4.69) is 16.0 Å². The van der Waals surface area contributed by atoms with E-state index in [-0.39, 0.29) is 51.1 Å². The van der Waals surface area contributed by atoms with Crippen LogP contribution in [0.25, 0.3) is 0 Å². The van der Waals surface area contributed by atoms with Gasteiger partial charge in [-0.25, -0.2) is 9.59 Å². The number of hydrogen-bond donors (Lipinski definition) is 7. The molecule has 0 saturated carbocycles. The quantitative estimate of drug-likeness (QED) is 0.0475.